The van der Waals surface area contributed by atoms with Gasteiger partial charge in [-0.1, -0.05) is 19.9 Å². The van der Waals surface area contributed by atoms with Crippen molar-refractivity contribution in [2.75, 3.05) is 13.7 Å². The first-order valence-electron chi connectivity index (χ1n) is 7.19. The van der Waals surface area contributed by atoms with Gasteiger partial charge in [0, 0.05) is 30.4 Å². The van der Waals surface area contributed by atoms with E-state index < -0.39 is 0 Å². The molecule has 0 saturated heterocycles. The second kappa shape index (κ2) is 6.72. The summed E-state index contributed by atoms with van der Waals surface area (Å²) in [6, 6.07) is 4.77. The van der Waals surface area contributed by atoms with E-state index in [-0.39, 0.29) is 11.9 Å². The molecule has 0 bridgehead atoms. The Hall–Kier alpha value is -1.88. The normalized spacial score (nSPS) is 12.4. The number of hydrogen-bond donors (Lipinski definition) is 1. The Labute approximate surface area is 124 Å². The Morgan fingerprint density at radius 1 is 1.33 bits per heavy atom. The van der Waals surface area contributed by atoms with Gasteiger partial charge >= 0.3 is 0 Å². The molecule has 0 amide bonds. The van der Waals surface area contributed by atoms with Crippen LogP contribution in [0.25, 0.3) is 0 Å². The molecule has 0 saturated carbocycles. The summed E-state index contributed by atoms with van der Waals surface area (Å²) in [6.07, 6.45) is 2.77. The number of benzene rings is 1. The van der Waals surface area contributed by atoms with E-state index in [9.17, 15) is 4.39 Å². The van der Waals surface area contributed by atoms with Gasteiger partial charge in [-0.15, -0.1) is 0 Å². The predicted molar refractivity (Wildman–Crippen MR) is 81.1 cm³/mol. The molecular formula is C16H22FN3O. The maximum Gasteiger partial charge on any atom is 0.132 e. The summed E-state index contributed by atoms with van der Waals surface area (Å²) in [7, 11) is 3.42. The van der Waals surface area contributed by atoms with Gasteiger partial charge in [0.05, 0.1) is 18.8 Å². The molecule has 0 radical (unpaired) electrons. The van der Waals surface area contributed by atoms with Crippen LogP contribution in [0.2, 0.25) is 0 Å². The highest BCUT2D eigenvalue weighted by Gasteiger charge is 2.22. The number of nitrogens with zero attached hydrogens (tertiary/aromatic N) is 2. The zero-order valence-electron chi connectivity index (χ0n) is 13.0. The van der Waals surface area contributed by atoms with Crippen LogP contribution in [0.4, 0.5) is 4.39 Å². The molecule has 0 spiro atoms. The van der Waals surface area contributed by atoms with E-state index in [1.165, 1.54) is 13.2 Å². The Kier molecular flexibility index (Phi) is 4.96. The van der Waals surface area contributed by atoms with Crippen molar-refractivity contribution in [3.05, 3.63) is 47.0 Å². The summed E-state index contributed by atoms with van der Waals surface area (Å²) in [6.45, 7) is 4.81. The lowest BCUT2D eigenvalue weighted by atomic mass is 9.97. The maximum atomic E-state index is 14.4. The number of rotatable bonds is 6. The molecule has 0 aliphatic carbocycles. The van der Waals surface area contributed by atoms with Crippen LogP contribution < -0.4 is 10.1 Å². The minimum atomic E-state index is -0.272. The molecule has 1 aromatic heterocycles. The summed E-state index contributed by atoms with van der Waals surface area (Å²) in [5, 5.41) is 7.80. The first kappa shape index (κ1) is 15.5. The van der Waals surface area contributed by atoms with E-state index in [4.69, 9.17) is 4.74 Å². The average Bonchev–Trinajstić information content (AvgIpc) is 2.86. The maximum absolute atomic E-state index is 14.4. The molecule has 1 atom stereocenters. The van der Waals surface area contributed by atoms with Gasteiger partial charge in [-0.25, -0.2) is 4.39 Å². The largest absolute Gasteiger partial charge is 0.497 e. The van der Waals surface area contributed by atoms with Gasteiger partial charge in [0.25, 0.3) is 0 Å². The lowest BCUT2D eigenvalue weighted by Gasteiger charge is -2.19. The molecule has 4 nitrogen and oxygen atoms in total. The van der Waals surface area contributed by atoms with Crippen molar-refractivity contribution < 1.29 is 9.13 Å². The Balaban J connectivity index is 2.47. The van der Waals surface area contributed by atoms with E-state index in [0.717, 1.165) is 24.2 Å². The van der Waals surface area contributed by atoms with Crippen molar-refractivity contribution in [1.82, 2.24) is 15.1 Å². The van der Waals surface area contributed by atoms with Crippen molar-refractivity contribution >= 4 is 0 Å². The van der Waals surface area contributed by atoms with Crippen molar-refractivity contribution in [2.45, 2.75) is 26.3 Å². The molecule has 0 fully saturated rings. The topological polar surface area (TPSA) is 39.1 Å². The van der Waals surface area contributed by atoms with Crippen LogP contribution >= 0.6 is 0 Å². The molecule has 114 valence electrons. The SMILES string of the molecule is CCNC(c1ccc(OC)cc1F)c1cn(C)nc1CC. The Bertz CT molecular complexity index is 610. The summed E-state index contributed by atoms with van der Waals surface area (Å²) < 4.78 is 21.2. The second-order valence-corrected chi connectivity index (χ2v) is 4.94. The summed E-state index contributed by atoms with van der Waals surface area (Å²) in [4.78, 5) is 0. The van der Waals surface area contributed by atoms with Crippen LogP contribution in [-0.2, 0) is 13.5 Å². The number of aryl methyl sites for hydroxylation is 2. The number of ether oxygens (including phenoxy) is 1. The number of methoxy groups -OCH3 is 1. The molecule has 5 heteroatoms. The highest BCUT2D eigenvalue weighted by Crippen LogP contribution is 2.29. The van der Waals surface area contributed by atoms with Crippen LogP contribution in [0.3, 0.4) is 0 Å². The fourth-order valence-corrected chi connectivity index (χ4v) is 2.53. The first-order chi connectivity index (χ1) is 10.1. The van der Waals surface area contributed by atoms with E-state index >= 15 is 0 Å². The third-order valence-electron chi connectivity index (χ3n) is 3.51. The summed E-state index contributed by atoms with van der Waals surface area (Å²) >= 11 is 0. The first-order valence-corrected chi connectivity index (χ1v) is 7.19. The standard InChI is InChI=1S/C16H22FN3O/c1-5-15-13(10-20(3)19-15)16(18-6-2)12-8-7-11(21-4)9-14(12)17/h7-10,16,18H,5-6H2,1-4H3. The van der Waals surface area contributed by atoms with Gasteiger partial charge in [0.15, 0.2) is 0 Å². The summed E-state index contributed by atoms with van der Waals surface area (Å²) in [5.41, 5.74) is 2.62. The molecular weight excluding hydrogens is 269 g/mol. The third-order valence-corrected chi connectivity index (χ3v) is 3.51. The van der Waals surface area contributed by atoms with E-state index in [2.05, 4.69) is 17.3 Å². The van der Waals surface area contributed by atoms with Crippen molar-refractivity contribution in [3.63, 3.8) is 0 Å². The molecule has 1 heterocycles. The number of nitrogens with one attached hydrogen (secondary N) is 1. The Morgan fingerprint density at radius 3 is 2.67 bits per heavy atom. The Morgan fingerprint density at radius 2 is 2.10 bits per heavy atom. The smallest absolute Gasteiger partial charge is 0.132 e. The molecule has 2 aromatic rings. The fourth-order valence-electron chi connectivity index (χ4n) is 2.53. The van der Waals surface area contributed by atoms with E-state index in [1.54, 1.807) is 16.8 Å². The van der Waals surface area contributed by atoms with Gasteiger partial charge in [0.2, 0.25) is 0 Å². The zero-order chi connectivity index (χ0) is 15.4. The van der Waals surface area contributed by atoms with Gasteiger partial charge in [-0.05, 0) is 19.0 Å². The van der Waals surface area contributed by atoms with Crippen LogP contribution in [0.5, 0.6) is 5.75 Å². The van der Waals surface area contributed by atoms with Crippen LogP contribution in [-0.4, -0.2) is 23.4 Å². The number of aromatic nitrogens is 2. The van der Waals surface area contributed by atoms with Crippen LogP contribution in [0, 0.1) is 5.82 Å². The quantitative estimate of drug-likeness (QED) is 0.889. The second-order valence-electron chi connectivity index (χ2n) is 4.94. The minimum absolute atomic E-state index is 0.204. The predicted octanol–water partition coefficient (Wildman–Crippen LogP) is 2.83. The third kappa shape index (κ3) is 3.24. The van der Waals surface area contributed by atoms with E-state index in [1.807, 2.05) is 20.2 Å². The fraction of sp³-hybridized carbons (Fsp3) is 0.438. The molecule has 1 aromatic carbocycles. The zero-order valence-corrected chi connectivity index (χ0v) is 13.0. The molecule has 0 aliphatic rings. The highest BCUT2D eigenvalue weighted by atomic mass is 19.1. The molecule has 2 rings (SSSR count). The molecule has 21 heavy (non-hydrogen) atoms. The monoisotopic (exact) mass is 291 g/mol. The van der Waals surface area contributed by atoms with E-state index in [0.29, 0.717) is 11.3 Å². The van der Waals surface area contributed by atoms with Gasteiger partial charge in [-0.2, -0.15) is 5.10 Å². The van der Waals surface area contributed by atoms with Crippen molar-refractivity contribution in [2.24, 2.45) is 7.05 Å². The minimum Gasteiger partial charge on any atom is -0.497 e. The van der Waals surface area contributed by atoms with Gasteiger partial charge in [0.1, 0.15) is 11.6 Å². The number of hydrogen-bond acceptors (Lipinski definition) is 3. The lowest BCUT2D eigenvalue weighted by molar-refractivity contribution is 0.410. The van der Waals surface area contributed by atoms with Gasteiger partial charge in [-0.3, -0.25) is 4.68 Å². The van der Waals surface area contributed by atoms with Crippen LogP contribution in [0.1, 0.15) is 36.7 Å². The average molecular weight is 291 g/mol. The molecule has 0 aliphatic heterocycles. The van der Waals surface area contributed by atoms with Gasteiger partial charge < -0.3 is 10.1 Å². The lowest BCUT2D eigenvalue weighted by Crippen LogP contribution is -2.23. The van der Waals surface area contributed by atoms with Crippen molar-refractivity contribution in [3.8, 4) is 5.75 Å². The highest BCUT2D eigenvalue weighted by molar-refractivity contribution is 5.37. The van der Waals surface area contributed by atoms with Crippen LogP contribution in [0.15, 0.2) is 24.4 Å². The van der Waals surface area contributed by atoms with Crippen molar-refractivity contribution in [1.29, 1.82) is 0 Å². The molecule has 1 unspecified atom stereocenters. The number of halogens is 1. The molecule has 1 N–H and O–H groups in total. The summed E-state index contributed by atoms with van der Waals surface area (Å²) in [5.74, 6) is 0.250.